The number of methoxy groups -OCH3 is 6. The van der Waals surface area contributed by atoms with E-state index < -0.39 is 11.8 Å². The van der Waals surface area contributed by atoms with Crippen molar-refractivity contribution in [3.8, 4) is 34.1 Å². The lowest BCUT2D eigenvalue weighted by molar-refractivity contribution is -0.111. The van der Waals surface area contributed by atoms with Crippen LogP contribution < -0.4 is 18.9 Å². The van der Waals surface area contributed by atoms with E-state index in [9.17, 15) is 14.4 Å². The highest BCUT2D eigenvalue weighted by molar-refractivity contribution is 6.26. The maximum atomic E-state index is 13.8. The van der Waals surface area contributed by atoms with Crippen LogP contribution in [0.1, 0.15) is 68.7 Å². The highest BCUT2D eigenvalue weighted by atomic mass is 16.7. The Kier molecular flexibility index (Phi) is 6.02. The summed E-state index contributed by atoms with van der Waals surface area (Å²) in [5, 5.41) is 0. The molecule has 4 aliphatic carbocycles. The van der Waals surface area contributed by atoms with Gasteiger partial charge in [0.25, 0.3) is 0 Å². The van der Waals surface area contributed by atoms with Crippen molar-refractivity contribution in [3.05, 3.63) is 62.6 Å². The Labute approximate surface area is 237 Å². The maximum Gasteiger partial charge on any atom is 0.193 e. The summed E-state index contributed by atoms with van der Waals surface area (Å²) in [5.74, 6) is 0.113. The molecule has 0 bridgehead atoms. The van der Waals surface area contributed by atoms with Gasteiger partial charge in [0.05, 0.1) is 65.6 Å². The number of rotatable bonds is 7. The Bertz CT molecular complexity index is 1700. The van der Waals surface area contributed by atoms with E-state index in [1.807, 2.05) is 6.92 Å². The highest BCUT2D eigenvalue weighted by Gasteiger charge is 2.53. The van der Waals surface area contributed by atoms with Crippen LogP contribution in [0.2, 0.25) is 0 Å². The first kappa shape index (κ1) is 26.7. The number of Topliss-reactive ketones (excluding diaryl/α,β-unsaturated/α-hetero) is 1. The van der Waals surface area contributed by atoms with Gasteiger partial charge in [-0.15, -0.1) is 0 Å². The molecule has 0 saturated heterocycles. The fraction of sp³-hybridized carbons (Fsp3) is 0.344. The molecule has 0 aliphatic heterocycles. The van der Waals surface area contributed by atoms with Crippen molar-refractivity contribution >= 4 is 22.9 Å². The molecule has 9 heteroatoms. The second-order valence-electron chi connectivity index (χ2n) is 10.4. The van der Waals surface area contributed by atoms with Crippen LogP contribution in [0, 0.1) is 0 Å². The van der Waals surface area contributed by atoms with E-state index in [-0.39, 0.29) is 28.8 Å². The topological polar surface area (TPSA) is 107 Å². The summed E-state index contributed by atoms with van der Waals surface area (Å²) in [7, 11) is 9.01. The summed E-state index contributed by atoms with van der Waals surface area (Å²) < 4.78 is 35.3. The SMILES string of the molecule is COC1=CC(=O)c2c(O[14CH3])c(O[14CH3])c3c4c2C1C1C(OC)=CC(=O)c2c(O[14CH3])c(O[14CH3])c(c-4c21)C(C(C)=O)=C(C)C3. The molecular weight excluding hydrogens is 536 g/mol. The van der Waals surface area contributed by atoms with Gasteiger partial charge < -0.3 is 28.4 Å². The molecule has 2 aromatic carbocycles. The predicted molar refractivity (Wildman–Crippen MR) is 149 cm³/mol. The Morgan fingerprint density at radius 3 is 1.59 bits per heavy atom. The molecule has 212 valence electrons. The van der Waals surface area contributed by atoms with Crippen LogP contribution in [0.25, 0.3) is 16.7 Å². The van der Waals surface area contributed by atoms with Crippen LogP contribution in [0.15, 0.2) is 29.2 Å². The van der Waals surface area contributed by atoms with Crippen molar-refractivity contribution < 1.29 is 42.8 Å². The molecule has 6 rings (SSSR count). The average Bonchev–Trinajstić information content (AvgIpc) is 3.09. The number of benzene rings is 2. The normalized spacial score (nSPS) is 19.5. The molecule has 0 N–H and O–H groups in total. The lowest BCUT2D eigenvalue weighted by Gasteiger charge is -2.43. The quantitative estimate of drug-likeness (QED) is 0.461. The molecule has 41 heavy (non-hydrogen) atoms. The number of hydrogen-bond donors (Lipinski definition) is 0. The summed E-state index contributed by atoms with van der Waals surface area (Å²) in [6, 6.07) is 0. The van der Waals surface area contributed by atoms with Gasteiger partial charge in [-0.3, -0.25) is 14.4 Å². The second kappa shape index (κ2) is 9.26. The lowest BCUT2D eigenvalue weighted by Crippen LogP contribution is -2.33. The summed E-state index contributed by atoms with van der Waals surface area (Å²) in [5.41, 5.74) is 5.75. The molecule has 0 amide bonds. The van der Waals surface area contributed by atoms with E-state index >= 15 is 0 Å². The van der Waals surface area contributed by atoms with Gasteiger partial charge in [-0.25, -0.2) is 0 Å². The maximum absolute atomic E-state index is 13.8. The number of hydrogen-bond acceptors (Lipinski definition) is 9. The van der Waals surface area contributed by atoms with Crippen LogP contribution >= 0.6 is 0 Å². The fourth-order valence-corrected chi connectivity index (χ4v) is 7.30. The minimum Gasteiger partial charge on any atom is -0.500 e. The third-order valence-electron chi connectivity index (χ3n) is 8.61. The van der Waals surface area contributed by atoms with Crippen molar-refractivity contribution in [2.75, 3.05) is 42.7 Å². The van der Waals surface area contributed by atoms with Crippen molar-refractivity contribution in [2.24, 2.45) is 0 Å². The van der Waals surface area contributed by atoms with E-state index in [0.29, 0.717) is 74.0 Å². The molecule has 0 radical (unpaired) electrons. The summed E-state index contributed by atoms with van der Waals surface area (Å²) >= 11 is 0. The van der Waals surface area contributed by atoms with Gasteiger partial charge in [0.2, 0.25) is 0 Å². The van der Waals surface area contributed by atoms with E-state index in [1.54, 1.807) is 0 Å². The molecule has 0 spiro atoms. The summed E-state index contributed by atoms with van der Waals surface area (Å²) in [4.78, 5) is 41.0. The zero-order valence-corrected chi connectivity index (χ0v) is 24.2. The lowest BCUT2D eigenvalue weighted by atomic mass is 9.61. The molecule has 2 unspecified atom stereocenters. The average molecular weight is 567 g/mol. The van der Waals surface area contributed by atoms with Crippen LogP contribution in [-0.2, 0) is 20.7 Å². The first-order chi connectivity index (χ1) is 19.7. The molecule has 2 aromatic rings. The molecule has 2 atom stereocenters. The zero-order valence-electron chi connectivity index (χ0n) is 24.2. The Morgan fingerprint density at radius 2 is 1.15 bits per heavy atom. The summed E-state index contributed by atoms with van der Waals surface area (Å²) in [6.45, 7) is 3.39. The van der Waals surface area contributed by atoms with Gasteiger partial charge in [0, 0.05) is 28.9 Å². The van der Waals surface area contributed by atoms with Gasteiger partial charge in [0.15, 0.2) is 40.3 Å². The third-order valence-corrected chi connectivity index (χ3v) is 8.61. The number of fused-ring (bicyclic) bond motifs is 1. The van der Waals surface area contributed by atoms with Crippen molar-refractivity contribution in [2.45, 2.75) is 32.1 Å². The van der Waals surface area contributed by atoms with Crippen LogP contribution in [-0.4, -0.2) is 60.0 Å². The van der Waals surface area contributed by atoms with Crippen molar-refractivity contribution in [3.63, 3.8) is 0 Å². The van der Waals surface area contributed by atoms with E-state index in [0.717, 1.165) is 11.1 Å². The van der Waals surface area contributed by atoms with Gasteiger partial charge in [0.1, 0.15) is 11.5 Å². The van der Waals surface area contributed by atoms with Crippen LogP contribution in [0.5, 0.6) is 23.0 Å². The summed E-state index contributed by atoms with van der Waals surface area (Å²) in [6.07, 6.45) is 3.23. The molecule has 9 nitrogen and oxygen atoms in total. The van der Waals surface area contributed by atoms with Crippen molar-refractivity contribution in [1.82, 2.24) is 0 Å². The number of carbonyl (C=O) groups is 3. The van der Waals surface area contributed by atoms with Gasteiger partial charge >= 0.3 is 0 Å². The molecule has 0 aromatic heterocycles. The largest absolute Gasteiger partial charge is 0.500 e. The van der Waals surface area contributed by atoms with Crippen LogP contribution in [0.4, 0.5) is 0 Å². The monoisotopic (exact) mass is 566 g/mol. The van der Waals surface area contributed by atoms with E-state index in [2.05, 4.69) is 0 Å². The third kappa shape index (κ3) is 3.20. The second-order valence-corrected chi connectivity index (χ2v) is 10.4. The Balaban J connectivity index is 1.98. The smallest absolute Gasteiger partial charge is 0.193 e. The minimum atomic E-state index is -0.579. The number of ether oxygens (including phenoxy) is 6. The number of ketones is 3. The number of carbonyl (C=O) groups excluding carboxylic acids is 3. The van der Waals surface area contributed by atoms with Crippen molar-refractivity contribution in [1.29, 1.82) is 0 Å². The van der Waals surface area contributed by atoms with E-state index in [1.165, 1.54) is 61.7 Å². The van der Waals surface area contributed by atoms with Gasteiger partial charge in [-0.1, -0.05) is 5.57 Å². The highest BCUT2D eigenvalue weighted by Crippen LogP contribution is 2.66. The number of allylic oxidation sites excluding steroid dienone is 6. The predicted octanol–water partition coefficient (Wildman–Crippen LogP) is 4.94. The standard InChI is InChI=1S/C32H30O9/c1-12-9-14-20-25-21(30(39-6)29(14)38-5)15(34)10-17(36-3)23(25)24-18(37-4)11-16(35)22-27(24)26(20)28(19(12)13(2)33)32(41-8)31(22)40-7/h10-11,23-24H,9H2,1-8H3/i5+2,6+2,7+2,8+2. The molecular formula is C32H30O9. The Hall–Kier alpha value is -4.53. The van der Waals surface area contributed by atoms with Gasteiger partial charge in [-0.05, 0) is 42.5 Å². The van der Waals surface area contributed by atoms with Crippen LogP contribution in [0.3, 0.4) is 0 Å². The first-order valence-electron chi connectivity index (χ1n) is 13.1. The molecule has 0 fully saturated rings. The van der Waals surface area contributed by atoms with E-state index in [4.69, 9.17) is 28.4 Å². The molecule has 4 aliphatic rings. The molecule has 0 heterocycles. The fourth-order valence-electron chi connectivity index (χ4n) is 7.30. The minimum absolute atomic E-state index is 0.177. The Morgan fingerprint density at radius 1 is 0.707 bits per heavy atom. The van der Waals surface area contributed by atoms with Gasteiger partial charge in [-0.2, -0.15) is 0 Å². The zero-order chi connectivity index (χ0) is 29.5. The first-order valence-corrected chi connectivity index (χ1v) is 13.1. The molecule has 0 saturated carbocycles.